The summed E-state index contributed by atoms with van der Waals surface area (Å²) in [6.45, 7) is 27.5. The molecule has 0 aromatic rings. The van der Waals surface area contributed by atoms with Crippen molar-refractivity contribution >= 4 is 24.9 Å². The predicted octanol–water partition coefficient (Wildman–Crippen LogP) is 12.1. The second-order valence-electron chi connectivity index (χ2n) is 7.81. The minimum absolute atomic E-state index is 0. The molecule has 0 N–H and O–H groups in total. The van der Waals surface area contributed by atoms with Crippen LogP contribution < -0.4 is 0 Å². The fourth-order valence-corrected chi connectivity index (χ4v) is 2.47. The summed E-state index contributed by atoms with van der Waals surface area (Å²) in [5.74, 6) is -1.02. The zero-order chi connectivity index (χ0) is 34.8. The Labute approximate surface area is 290 Å². The fourth-order valence-electron chi connectivity index (χ4n) is 2.47. The summed E-state index contributed by atoms with van der Waals surface area (Å²) in [5, 5.41) is 0. The van der Waals surface area contributed by atoms with Crippen molar-refractivity contribution < 1.29 is 38.1 Å². The van der Waals surface area contributed by atoms with Gasteiger partial charge in [-0.25, -0.2) is 0 Å². The fraction of sp³-hybridized carbons (Fsp3) is 0.842. The van der Waals surface area contributed by atoms with Crippen LogP contribution in [0.15, 0.2) is 12.7 Å². The lowest BCUT2D eigenvalue weighted by atomic mass is 10.1. The third-order valence-electron chi connectivity index (χ3n) is 4.61. The quantitative estimate of drug-likeness (QED) is 0.0368. The molecule has 286 valence electrons. The van der Waals surface area contributed by atoms with Crippen LogP contribution in [0.5, 0.6) is 0 Å². The first-order chi connectivity index (χ1) is 21.0. The Hall–Kier alpha value is -2.38. The van der Waals surface area contributed by atoms with Crippen LogP contribution in [0.4, 0.5) is 0 Å². The van der Waals surface area contributed by atoms with Crippen LogP contribution in [0, 0.1) is 0 Å². The van der Waals surface area contributed by atoms with Crippen molar-refractivity contribution in [1.82, 2.24) is 0 Å². The lowest BCUT2D eigenvalue weighted by Crippen LogP contribution is -2.13. The number of hydrogen-bond acceptors (Lipinski definition) is 8. The molecular weight excluding hydrogens is 584 g/mol. The molecule has 0 amide bonds. The maximum atomic E-state index is 11.0. The number of rotatable bonds is 22. The van der Waals surface area contributed by atoms with E-state index in [9.17, 15) is 19.2 Å². The molecule has 0 fully saturated rings. The Kier molecular flexibility index (Phi) is 137. The molecule has 0 unspecified atom stereocenters. The number of unbranched alkanes of at least 4 members (excludes halogenated alkanes) is 10. The highest BCUT2D eigenvalue weighted by molar-refractivity contribution is 5.77. The summed E-state index contributed by atoms with van der Waals surface area (Å²) in [6.07, 6.45) is 17.1. The van der Waals surface area contributed by atoms with Gasteiger partial charge in [-0.3, -0.25) is 19.2 Å². The first kappa shape index (κ1) is 70.1. The van der Waals surface area contributed by atoms with Gasteiger partial charge in [-0.2, -0.15) is 0 Å². The number of carbonyl (C=O) groups is 4. The average Bonchev–Trinajstić information content (AvgIpc) is 3.07. The van der Waals surface area contributed by atoms with Gasteiger partial charge in [-0.15, -0.1) is 0 Å². The summed E-state index contributed by atoms with van der Waals surface area (Å²) in [6, 6.07) is 0. The third kappa shape index (κ3) is 105. The first-order valence-corrected chi connectivity index (χ1v) is 17.1. The molecule has 0 bridgehead atoms. The van der Waals surface area contributed by atoms with Crippen LogP contribution in [0.25, 0.3) is 0 Å². The standard InChI is InChI=1S/C13H26O2.C10H14O6.C4H10.4C2H6.3CH4/c1-2-3-4-5-6-7-8-9-10-11-12-15-13-14;1-2-5-15-9(12)3-4-10(13)16-7-6-14-8-11;1-3-4-2;4*1-2;;;/h13H,2-12H2,1H3;2,8H,1,3-7H2;3-4H2,1-2H3;4*1-2H3;3*1H4. The second kappa shape index (κ2) is 90.1. The van der Waals surface area contributed by atoms with Crippen LogP contribution >= 0.6 is 0 Å². The normalized spacial score (nSPS) is 7.63. The van der Waals surface area contributed by atoms with Gasteiger partial charge in [0.05, 0.1) is 19.4 Å². The summed E-state index contributed by atoms with van der Waals surface area (Å²) < 4.78 is 18.2. The van der Waals surface area contributed by atoms with E-state index in [2.05, 4.69) is 46.3 Å². The Morgan fingerprint density at radius 2 is 0.848 bits per heavy atom. The van der Waals surface area contributed by atoms with E-state index < -0.39 is 11.9 Å². The van der Waals surface area contributed by atoms with E-state index in [1.54, 1.807) is 0 Å². The molecule has 0 aliphatic rings. The van der Waals surface area contributed by atoms with Crippen LogP contribution in [-0.2, 0) is 38.1 Å². The van der Waals surface area contributed by atoms with Crippen molar-refractivity contribution in [3.05, 3.63) is 12.7 Å². The average molecular weight is 671 g/mol. The van der Waals surface area contributed by atoms with Crippen LogP contribution in [0.1, 0.15) is 188 Å². The lowest BCUT2D eigenvalue weighted by Gasteiger charge is -2.03. The summed E-state index contributed by atoms with van der Waals surface area (Å²) in [4.78, 5) is 41.5. The van der Waals surface area contributed by atoms with Crippen molar-refractivity contribution in [1.29, 1.82) is 0 Å². The largest absolute Gasteiger partial charge is 0.468 e. The van der Waals surface area contributed by atoms with E-state index >= 15 is 0 Å². The molecule has 0 aromatic heterocycles. The number of ether oxygens (including phenoxy) is 4. The lowest BCUT2D eigenvalue weighted by molar-refractivity contribution is -0.151. The highest BCUT2D eigenvalue weighted by atomic mass is 16.6. The molecule has 0 spiro atoms. The Morgan fingerprint density at radius 3 is 1.20 bits per heavy atom. The van der Waals surface area contributed by atoms with Gasteiger partial charge in [-0.1, -0.05) is 182 Å². The molecule has 8 nitrogen and oxygen atoms in total. The highest BCUT2D eigenvalue weighted by Gasteiger charge is 2.08. The van der Waals surface area contributed by atoms with Gasteiger partial charge < -0.3 is 18.9 Å². The van der Waals surface area contributed by atoms with Crippen LogP contribution in [-0.4, -0.2) is 51.3 Å². The van der Waals surface area contributed by atoms with E-state index in [1.165, 1.54) is 76.7 Å². The monoisotopic (exact) mass is 671 g/mol. The molecule has 0 aromatic carbocycles. The van der Waals surface area contributed by atoms with E-state index in [-0.39, 0.29) is 61.4 Å². The summed E-state index contributed by atoms with van der Waals surface area (Å²) in [7, 11) is 0. The molecule has 0 aliphatic heterocycles. The molecule has 0 atom stereocenters. The topological polar surface area (TPSA) is 105 Å². The maximum absolute atomic E-state index is 11.0. The number of carbonyl (C=O) groups excluding carboxylic acids is 4. The van der Waals surface area contributed by atoms with Gasteiger partial charge in [0.15, 0.2) is 0 Å². The van der Waals surface area contributed by atoms with Crippen molar-refractivity contribution in [2.45, 2.75) is 188 Å². The van der Waals surface area contributed by atoms with Crippen LogP contribution in [0.2, 0.25) is 0 Å². The van der Waals surface area contributed by atoms with E-state index in [0.717, 1.165) is 6.42 Å². The second-order valence-corrected chi connectivity index (χ2v) is 7.81. The Balaban J connectivity index is -0.0000000501. The predicted molar refractivity (Wildman–Crippen MR) is 203 cm³/mol. The molecule has 0 aliphatic carbocycles. The minimum Gasteiger partial charge on any atom is -0.468 e. The SMILES string of the molecule is C.C.C.C=CCOC(=O)CCC(=O)OCCOC=O.CC.CC.CC.CC.CCCC.CCCCCCCCCCCCOC=O. The number of esters is 2. The van der Waals surface area contributed by atoms with Crippen molar-refractivity contribution in [2.24, 2.45) is 0 Å². The molecule has 8 heteroatoms. The van der Waals surface area contributed by atoms with Crippen molar-refractivity contribution in [2.75, 3.05) is 26.4 Å². The van der Waals surface area contributed by atoms with Crippen LogP contribution in [0.3, 0.4) is 0 Å². The minimum atomic E-state index is -0.537. The molecule has 46 heavy (non-hydrogen) atoms. The van der Waals surface area contributed by atoms with Gasteiger partial charge in [0.25, 0.3) is 12.9 Å². The number of hydrogen-bond donors (Lipinski definition) is 0. The zero-order valence-electron chi connectivity index (χ0n) is 30.4. The molecule has 0 saturated carbocycles. The van der Waals surface area contributed by atoms with Gasteiger partial charge in [0.2, 0.25) is 0 Å². The van der Waals surface area contributed by atoms with Crippen molar-refractivity contribution in [3.8, 4) is 0 Å². The molecule has 0 rings (SSSR count). The Bertz CT molecular complexity index is 481. The first-order valence-electron chi connectivity index (χ1n) is 17.1. The van der Waals surface area contributed by atoms with Gasteiger partial charge >= 0.3 is 11.9 Å². The molecular formula is C38H86O8. The van der Waals surface area contributed by atoms with Gasteiger partial charge in [0, 0.05) is 0 Å². The smallest absolute Gasteiger partial charge is 0.306 e. The Morgan fingerprint density at radius 1 is 0.500 bits per heavy atom. The molecule has 0 saturated heterocycles. The van der Waals surface area contributed by atoms with E-state index in [1.807, 2.05) is 55.4 Å². The zero-order valence-corrected chi connectivity index (χ0v) is 30.4. The highest BCUT2D eigenvalue weighted by Crippen LogP contribution is 2.10. The summed E-state index contributed by atoms with van der Waals surface area (Å²) in [5.41, 5.74) is 0. The van der Waals surface area contributed by atoms with E-state index in [0.29, 0.717) is 13.1 Å². The third-order valence-corrected chi connectivity index (χ3v) is 4.61. The van der Waals surface area contributed by atoms with E-state index in [4.69, 9.17) is 0 Å². The molecule has 0 radical (unpaired) electrons. The maximum Gasteiger partial charge on any atom is 0.306 e. The summed E-state index contributed by atoms with van der Waals surface area (Å²) >= 11 is 0. The molecule has 0 heterocycles. The van der Waals surface area contributed by atoms with Gasteiger partial charge in [-0.05, 0) is 6.42 Å². The van der Waals surface area contributed by atoms with Gasteiger partial charge in [0.1, 0.15) is 19.8 Å². The van der Waals surface area contributed by atoms with Crippen molar-refractivity contribution in [3.63, 3.8) is 0 Å².